The number of anilines is 1. The van der Waals surface area contributed by atoms with Crippen molar-refractivity contribution in [3.8, 4) is 0 Å². The van der Waals surface area contributed by atoms with Crippen LogP contribution in [-0.2, 0) is 0 Å². The number of rotatable bonds is 3. The summed E-state index contributed by atoms with van der Waals surface area (Å²) in [6.45, 7) is -0.409. The first-order chi connectivity index (χ1) is 5.75. The van der Waals surface area contributed by atoms with E-state index in [-0.39, 0.29) is 11.6 Å². The van der Waals surface area contributed by atoms with E-state index in [9.17, 15) is 9.18 Å². The molecule has 0 saturated carbocycles. The Morgan fingerprint density at radius 3 is 3.17 bits per heavy atom. The normalized spacial score (nSPS) is 9.83. The number of alkyl halides is 1. The first-order valence-corrected chi connectivity index (χ1v) is 3.66. The van der Waals surface area contributed by atoms with Gasteiger partial charge >= 0.3 is 0 Å². The van der Waals surface area contributed by atoms with E-state index in [0.29, 0.717) is 5.69 Å². The standard InChI is InChI=1S/C6H7ClFN3O/c7-5-4(9-2-1-8)3-10-11-6(5)12/h3H,1-2H2,(H2,9,11,12). The molecule has 0 fully saturated rings. The van der Waals surface area contributed by atoms with Crippen LogP contribution in [0.5, 0.6) is 0 Å². The summed E-state index contributed by atoms with van der Waals surface area (Å²) in [6, 6.07) is 0. The molecule has 0 radical (unpaired) electrons. The SMILES string of the molecule is O=c1[nH]ncc(NCCF)c1Cl. The third-order valence-electron chi connectivity index (χ3n) is 1.21. The average Bonchev–Trinajstić information content (AvgIpc) is 2.08. The van der Waals surface area contributed by atoms with Crippen molar-refractivity contribution in [2.24, 2.45) is 0 Å². The van der Waals surface area contributed by atoms with Crippen LogP contribution in [-0.4, -0.2) is 23.4 Å². The number of nitrogens with one attached hydrogen (secondary N) is 2. The van der Waals surface area contributed by atoms with Crippen LogP contribution < -0.4 is 10.9 Å². The van der Waals surface area contributed by atoms with Crippen molar-refractivity contribution in [2.45, 2.75) is 0 Å². The molecule has 0 bridgehead atoms. The van der Waals surface area contributed by atoms with Gasteiger partial charge in [0.2, 0.25) is 0 Å². The minimum Gasteiger partial charge on any atom is -0.380 e. The minimum atomic E-state index is -0.525. The Kier molecular flexibility index (Phi) is 3.04. The second kappa shape index (κ2) is 4.06. The molecule has 1 aromatic rings. The highest BCUT2D eigenvalue weighted by atomic mass is 35.5. The molecule has 1 heterocycles. The van der Waals surface area contributed by atoms with Crippen LogP contribution in [0, 0.1) is 0 Å². The zero-order valence-electron chi connectivity index (χ0n) is 6.10. The first-order valence-electron chi connectivity index (χ1n) is 3.28. The van der Waals surface area contributed by atoms with Crippen LogP contribution in [0.1, 0.15) is 0 Å². The Morgan fingerprint density at radius 2 is 2.50 bits per heavy atom. The van der Waals surface area contributed by atoms with Gasteiger partial charge in [0.1, 0.15) is 11.7 Å². The van der Waals surface area contributed by atoms with Crippen LogP contribution in [0.2, 0.25) is 5.02 Å². The predicted molar refractivity (Wildman–Crippen MR) is 44.3 cm³/mol. The van der Waals surface area contributed by atoms with E-state index in [1.165, 1.54) is 6.20 Å². The summed E-state index contributed by atoms with van der Waals surface area (Å²) in [4.78, 5) is 10.8. The number of nitrogens with zero attached hydrogens (tertiary/aromatic N) is 1. The summed E-state index contributed by atoms with van der Waals surface area (Å²) < 4.78 is 11.7. The summed E-state index contributed by atoms with van der Waals surface area (Å²) >= 11 is 5.56. The van der Waals surface area contributed by atoms with Crippen LogP contribution in [0.15, 0.2) is 11.0 Å². The van der Waals surface area contributed by atoms with Gasteiger partial charge < -0.3 is 5.32 Å². The maximum atomic E-state index is 11.7. The fraction of sp³-hybridized carbons (Fsp3) is 0.333. The van der Waals surface area contributed by atoms with E-state index in [0.717, 1.165) is 0 Å². The average molecular weight is 192 g/mol. The van der Waals surface area contributed by atoms with Gasteiger partial charge in [0.25, 0.3) is 5.56 Å². The number of aromatic amines is 1. The Balaban J connectivity index is 2.85. The van der Waals surface area contributed by atoms with E-state index >= 15 is 0 Å². The van der Waals surface area contributed by atoms with E-state index < -0.39 is 12.2 Å². The van der Waals surface area contributed by atoms with Gasteiger partial charge in [-0.15, -0.1) is 0 Å². The number of H-pyrrole nitrogens is 1. The molecule has 0 amide bonds. The maximum Gasteiger partial charge on any atom is 0.285 e. The van der Waals surface area contributed by atoms with Gasteiger partial charge in [-0.25, -0.2) is 9.49 Å². The molecule has 12 heavy (non-hydrogen) atoms. The third kappa shape index (κ3) is 1.94. The second-order valence-electron chi connectivity index (χ2n) is 2.04. The number of hydrogen-bond acceptors (Lipinski definition) is 3. The molecule has 0 spiro atoms. The summed E-state index contributed by atoms with van der Waals surface area (Å²) in [5.74, 6) is 0. The predicted octanol–water partition coefficient (Wildman–Crippen LogP) is 0.805. The molecule has 66 valence electrons. The Hall–Kier alpha value is -1.10. The van der Waals surface area contributed by atoms with Gasteiger partial charge in [-0.2, -0.15) is 5.10 Å². The molecule has 0 atom stereocenters. The zero-order valence-corrected chi connectivity index (χ0v) is 6.86. The number of halogens is 2. The Labute approximate surface area is 72.7 Å². The Morgan fingerprint density at radius 1 is 1.75 bits per heavy atom. The Bertz CT molecular complexity index is 314. The van der Waals surface area contributed by atoms with E-state index in [1.54, 1.807) is 0 Å². The monoisotopic (exact) mass is 191 g/mol. The maximum absolute atomic E-state index is 11.7. The molecule has 0 saturated heterocycles. The highest BCUT2D eigenvalue weighted by Gasteiger charge is 2.02. The molecule has 0 aliphatic rings. The lowest BCUT2D eigenvalue weighted by Crippen LogP contribution is -2.12. The lowest BCUT2D eigenvalue weighted by atomic mass is 10.4. The molecule has 1 aromatic heterocycles. The van der Waals surface area contributed by atoms with Crippen molar-refractivity contribution in [2.75, 3.05) is 18.5 Å². The molecular weight excluding hydrogens is 185 g/mol. The van der Waals surface area contributed by atoms with Crippen LogP contribution in [0.25, 0.3) is 0 Å². The molecule has 2 N–H and O–H groups in total. The molecule has 0 aliphatic carbocycles. The fourth-order valence-electron chi connectivity index (χ4n) is 0.689. The van der Waals surface area contributed by atoms with E-state index in [2.05, 4.69) is 15.5 Å². The van der Waals surface area contributed by atoms with E-state index in [4.69, 9.17) is 11.6 Å². The summed E-state index contributed by atoms with van der Waals surface area (Å²) in [7, 11) is 0. The summed E-state index contributed by atoms with van der Waals surface area (Å²) in [5, 5.41) is 8.25. The van der Waals surface area contributed by atoms with Crippen LogP contribution >= 0.6 is 11.6 Å². The van der Waals surface area contributed by atoms with Crippen LogP contribution in [0.4, 0.5) is 10.1 Å². The number of aromatic nitrogens is 2. The van der Waals surface area contributed by atoms with Gasteiger partial charge in [-0.1, -0.05) is 11.6 Å². The highest BCUT2D eigenvalue weighted by molar-refractivity contribution is 6.32. The molecule has 1 rings (SSSR count). The van der Waals surface area contributed by atoms with Gasteiger partial charge in [-0.3, -0.25) is 4.79 Å². The number of hydrogen-bond donors (Lipinski definition) is 2. The lowest BCUT2D eigenvalue weighted by Gasteiger charge is -2.02. The molecule has 0 unspecified atom stereocenters. The van der Waals surface area contributed by atoms with Gasteiger partial charge in [0, 0.05) is 6.54 Å². The quantitative estimate of drug-likeness (QED) is 0.743. The molecule has 0 aromatic carbocycles. The largest absolute Gasteiger partial charge is 0.380 e. The van der Waals surface area contributed by atoms with Gasteiger partial charge in [0.15, 0.2) is 0 Å². The van der Waals surface area contributed by atoms with Gasteiger partial charge in [0.05, 0.1) is 11.9 Å². The summed E-state index contributed by atoms with van der Waals surface area (Å²) in [6.07, 6.45) is 1.33. The molecular formula is C6H7ClFN3O. The van der Waals surface area contributed by atoms with Gasteiger partial charge in [-0.05, 0) is 0 Å². The van der Waals surface area contributed by atoms with E-state index in [1.807, 2.05) is 0 Å². The minimum absolute atomic E-state index is 0.00144. The molecule has 4 nitrogen and oxygen atoms in total. The van der Waals surface area contributed by atoms with Crippen molar-refractivity contribution in [3.05, 3.63) is 21.6 Å². The zero-order chi connectivity index (χ0) is 8.97. The third-order valence-corrected chi connectivity index (χ3v) is 1.58. The summed E-state index contributed by atoms with van der Waals surface area (Å²) in [5.41, 5.74) is -0.140. The van der Waals surface area contributed by atoms with Crippen molar-refractivity contribution in [3.63, 3.8) is 0 Å². The van der Waals surface area contributed by atoms with Crippen LogP contribution in [0.3, 0.4) is 0 Å². The lowest BCUT2D eigenvalue weighted by molar-refractivity contribution is 0.512. The van der Waals surface area contributed by atoms with Crippen molar-refractivity contribution < 1.29 is 4.39 Å². The topological polar surface area (TPSA) is 57.8 Å². The van der Waals surface area contributed by atoms with Crippen molar-refractivity contribution in [1.82, 2.24) is 10.2 Å². The molecule has 0 aliphatic heterocycles. The van der Waals surface area contributed by atoms with Crippen molar-refractivity contribution in [1.29, 1.82) is 0 Å². The smallest absolute Gasteiger partial charge is 0.285 e. The second-order valence-corrected chi connectivity index (χ2v) is 2.42. The molecule has 6 heteroatoms. The fourth-order valence-corrected chi connectivity index (χ4v) is 0.847. The highest BCUT2D eigenvalue weighted by Crippen LogP contribution is 2.13. The first kappa shape index (κ1) is 8.99. The van der Waals surface area contributed by atoms with Crippen molar-refractivity contribution >= 4 is 17.3 Å².